The Morgan fingerprint density at radius 3 is 1.96 bits per heavy atom. The zero-order valence-corrected chi connectivity index (χ0v) is 12.6. The van der Waals surface area contributed by atoms with Gasteiger partial charge in [-0.05, 0) is 24.3 Å². The highest BCUT2D eigenvalue weighted by Crippen LogP contribution is 2.04. The van der Waals surface area contributed by atoms with Crippen LogP contribution in [0.4, 0.5) is 5.82 Å². The molecule has 2 aromatic rings. The number of rotatable bonds is 4. The molecule has 0 atom stereocenters. The van der Waals surface area contributed by atoms with E-state index in [1.807, 2.05) is 36.4 Å². The normalized spacial score (nSPS) is 9.57. The molecule has 0 saturated carbocycles. The van der Waals surface area contributed by atoms with Gasteiger partial charge >= 0.3 is 11.9 Å². The summed E-state index contributed by atoms with van der Waals surface area (Å²) >= 11 is 5.19. The van der Waals surface area contributed by atoms with Gasteiger partial charge in [-0.2, -0.15) is 0 Å². The molecule has 0 saturated heterocycles. The summed E-state index contributed by atoms with van der Waals surface area (Å²) in [5.41, 5.74) is 0.748. The van der Waals surface area contributed by atoms with Crippen molar-refractivity contribution in [1.82, 2.24) is 9.97 Å². The molecule has 0 radical (unpaired) electrons. The van der Waals surface area contributed by atoms with Gasteiger partial charge in [-0.15, -0.1) is 0 Å². The van der Waals surface area contributed by atoms with Crippen LogP contribution in [0, 0.1) is 0 Å². The Labute approximate surface area is 137 Å². The van der Waals surface area contributed by atoms with Crippen molar-refractivity contribution < 1.29 is 19.8 Å². The fourth-order valence-electron chi connectivity index (χ4n) is 1.26. The third kappa shape index (κ3) is 8.02. The lowest BCUT2D eigenvalue weighted by molar-refractivity contribution is -0.134. The first-order valence-electron chi connectivity index (χ1n) is 6.26. The van der Waals surface area contributed by atoms with Crippen molar-refractivity contribution in [2.45, 2.75) is 0 Å². The lowest BCUT2D eigenvalue weighted by atomic mass is 10.3. The van der Waals surface area contributed by atoms with Crippen molar-refractivity contribution in [3.05, 3.63) is 66.6 Å². The number of hydrogen-bond acceptors (Lipinski definition) is 5. The first-order valence-corrected chi connectivity index (χ1v) is 6.67. The minimum absolute atomic E-state index is 0.558. The van der Waals surface area contributed by atoms with E-state index in [9.17, 15) is 9.59 Å². The van der Waals surface area contributed by atoms with E-state index < -0.39 is 11.9 Å². The van der Waals surface area contributed by atoms with Crippen LogP contribution in [0.1, 0.15) is 5.69 Å². The summed E-state index contributed by atoms with van der Waals surface area (Å²) in [7, 11) is 0. The van der Waals surface area contributed by atoms with Crippen molar-refractivity contribution >= 4 is 35.0 Å². The standard InChI is InChI=1S/C11H9N3S.C4H4O4/c15-11(9-5-1-3-7-12-9)14-10-6-2-4-8-13-10;5-3(6)1-2-4(7)8/h1-8H,(H,13,14,15);1-2H,(H,5,6)(H,7,8)/b;2-1+. The second-order valence-corrected chi connectivity index (χ2v) is 4.30. The van der Waals surface area contributed by atoms with Crippen LogP contribution < -0.4 is 5.32 Å². The van der Waals surface area contributed by atoms with Gasteiger partial charge in [0.1, 0.15) is 10.8 Å². The molecule has 118 valence electrons. The van der Waals surface area contributed by atoms with Gasteiger partial charge in [0.05, 0.1) is 5.69 Å². The Morgan fingerprint density at radius 2 is 1.52 bits per heavy atom. The molecule has 2 heterocycles. The summed E-state index contributed by atoms with van der Waals surface area (Å²) < 4.78 is 0. The van der Waals surface area contributed by atoms with Gasteiger partial charge in [-0.25, -0.2) is 14.6 Å². The average Bonchev–Trinajstić information content (AvgIpc) is 2.55. The summed E-state index contributed by atoms with van der Waals surface area (Å²) in [6, 6.07) is 11.2. The maximum Gasteiger partial charge on any atom is 0.328 e. The number of anilines is 1. The monoisotopic (exact) mass is 331 g/mol. The van der Waals surface area contributed by atoms with Crippen molar-refractivity contribution in [1.29, 1.82) is 0 Å². The van der Waals surface area contributed by atoms with E-state index in [2.05, 4.69) is 15.3 Å². The zero-order chi connectivity index (χ0) is 17.1. The summed E-state index contributed by atoms with van der Waals surface area (Å²) in [5, 5.41) is 18.6. The minimum atomic E-state index is -1.26. The number of pyridine rings is 2. The van der Waals surface area contributed by atoms with Gasteiger partial charge in [0.25, 0.3) is 0 Å². The molecule has 0 aliphatic carbocycles. The summed E-state index contributed by atoms with van der Waals surface area (Å²) in [6.07, 6.45) is 4.54. The second-order valence-electron chi connectivity index (χ2n) is 3.89. The predicted molar refractivity (Wildman–Crippen MR) is 88.2 cm³/mol. The van der Waals surface area contributed by atoms with Crippen LogP contribution in [0.5, 0.6) is 0 Å². The molecule has 0 amide bonds. The smallest absolute Gasteiger partial charge is 0.328 e. The molecule has 3 N–H and O–H groups in total. The van der Waals surface area contributed by atoms with E-state index >= 15 is 0 Å². The van der Waals surface area contributed by atoms with E-state index in [1.54, 1.807) is 12.4 Å². The number of carboxylic acids is 2. The predicted octanol–water partition coefficient (Wildman–Crippen LogP) is 1.98. The molecule has 0 aliphatic heterocycles. The number of nitrogens with one attached hydrogen (secondary N) is 1. The number of nitrogens with zero attached hydrogens (tertiary/aromatic N) is 2. The summed E-state index contributed by atoms with van der Waals surface area (Å²) in [5.74, 6) is -1.78. The Balaban J connectivity index is 0.000000284. The van der Waals surface area contributed by atoms with Crippen LogP contribution >= 0.6 is 12.2 Å². The van der Waals surface area contributed by atoms with Gasteiger partial charge in [-0.3, -0.25) is 4.98 Å². The van der Waals surface area contributed by atoms with E-state index in [-0.39, 0.29) is 0 Å². The summed E-state index contributed by atoms with van der Waals surface area (Å²) in [4.78, 5) is 27.9. The topological polar surface area (TPSA) is 112 Å². The minimum Gasteiger partial charge on any atom is -0.478 e. The molecule has 0 bridgehead atoms. The number of aliphatic carboxylic acids is 2. The third-order valence-corrected chi connectivity index (χ3v) is 2.48. The SMILES string of the molecule is O=C(O)/C=C/C(=O)O.S=C(Nc1ccccn1)c1ccccn1. The van der Waals surface area contributed by atoms with Crippen LogP contribution in [0.25, 0.3) is 0 Å². The number of carbonyl (C=O) groups is 2. The molecule has 2 aromatic heterocycles. The zero-order valence-electron chi connectivity index (χ0n) is 11.8. The highest BCUT2D eigenvalue weighted by molar-refractivity contribution is 7.81. The lowest BCUT2D eigenvalue weighted by Gasteiger charge is -2.05. The lowest BCUT2D eigenvalue weighted by Crippen LogP contribution is -2.12. The molecule has 7 nitrogen and oxygen atoms in total. The number of thiocarbonyl (C=S) groups is 1. The van der Waals surface area contributed by atoms with Crippen LogP contribution in [0.3, 0.4) is 0 Å². The van der Waals surface area contributed by atoms with Crippen LogP contribution in [-0.4, -0.2) is 37.1 Å². The Bertz CT molecular complexity index is 674. The molecule has 8 heteroatoms. The largest absolute Gasteiger partial charge is 0.478 e. The second kappa shape index (κ2) is 9.74. The fourth-order valence-corrected chi connectivity index (χ4v) is 1.48. The molecule has 2 rings (SSSR count). The van der Waals surface area contributed by atoms with Gasteiger partial charge in [-0.1, -0.05) is 24.4 Å². The van der Waals surface area contributed by atoms with E-state index in [4.69, 9.17) is 22.4 Å². The highest BCUT2D eigenvalue weighted by atomic mass is 32.1. The van der Waals surface area contributed by atoms with Crippen LogP contribution in [0.15, 0.2) is 60.9 Å². The molecule has 0 fully saturated rings. The number of aromatic nitrogens is 2. The van der Waals surface area contributed by atoms with Crippen molar-refractivity contribution in [2.24, 2.45) is 0 Å². The molecule has 0 unspecified atom stereocenters. The van der Waals surface area contributed by atoms with Crippen molar-refractivity contribution in [2.75, 3.05) is 5.32 Å². The van der Waals surface area contributed by atoms with E-state index in [1.165, 1.54) is 0 Å². The molecule has 23 heavy (non-hydrogen) atoms. The van der Waals surface area contributed by atoms with Gasteiger partial charge < -0.3 is 15.5 Å². The fraction of sp³-hybridized carbons (Fsp3) is 0. The van der Waals surface area contributed by atoms with E-state index in [0.717, 1.165) is 11.5 Å². The highest BCUT2D eigenvalue weighted by Gasteiger charge is 2.01. The quantitative estimate of drug-likeness (QED) is 0.576. The molecular weight excluding hydrogens is 318 g/mol. The Kier molecular flexibility index (Phi) is 7.59. The first-order chi connectivity index (χ1) is 11.0. The maximum absolute atomic E-state index is 9.55. The van der Waals surface area contributed by atoms with Crippen molar-refractivity contribution in [3.63, 3.8) is 0 Å². The van der Waals surface area contributed by atoms with E-state index in [0.29, 0.717) is 17.1 Å². The average molecular weight is 331 g/mol. The first kappa shape index (κ1) is 17.9. The van der Waals surface area contributed by atoms with Gasteiger partial charge in [0.15, 0.2) is 0 Å². The third-order valence-electron chi connectivity index (χ3n) is 2.17. The maximum atomic E-state index is 9.55. The van der Waals surface area contributed by atoms with Gasteiger partial charge in [0.2, 0.25) is 0 Å². The molecule has 0 aromatic carbocycles. The Morgan fingerprint density at radius 1 is 0.957 bits per heavy atom. The number of carboxylic acid groups (broad SMARTS) is 2. The van der Waals surface area contributed by atoms with Crippen molar-refractivity contribution in [3.8, 4) is 0 Å². The van der Waals surface area contributed by atoms with Crippen LogP contribution in [-0.2, 0) is 9.59 Å². The molecule has 0 aliphatic rings. The molecular formula is C15H13N3O4S. The summed E-state index contributed by atoms with van der Waals surface area (Å²) in [6.45, 7) is 0. The Hall–Kier alpha value is -3.13. The molecule has 0 spiro atoms. The number of hydrogen-bond donors (Lipinski definition) is 3. The van der Waals surface area contributed by atoms with Crippen LogP contribution in [0.2, 0.25) is 0 Å². The van der Waals surface area contributed by atoms with Gasteiger partial charge in [0, 0.05) is 24.5 Å².